The molecule has 3 heterocycles. The number of aryl methyl sites for hydroxylation is 2. The van der Waals surface area contributed by atoms with Gasteiger partial charge in [-0.05, 0) is 26.0 Å². The van der Waals surface area contributed by atoms with E-state index in [0.29, 0.717) is 16.3 Å². The normalized spacial score (nSPS) is 17.2. The average Bonchev–Trinajstić information content (AvgIpc) is 3.27. The number of urea groups is 1. The maximum Gasteiger partial charge on any atom is 0.316 e. The summed E-state index contributed by atoms with van der Waals surface area (Å²) in [4.78, 5) is 50.4. The van der Waals surface area contributed by atoms with Crippen LogP contribution in [0, 0.1) is 13.8 Å². The number of hydrogen-bond donors (Lipinski definition) is 3. The first-order valence-electron chi connectivity index (χ1n) is 8.98. The van der Waals surface area contributed by atoms with E-state index in [9.17, 15) is 24.3 Å². The van der Waals surface area contributed by atoms with Gasteiger partial charge >= 0.3 is 12.0 Å². The van der Waals surface area contributed by atoms with Crippen molar-refractivity contribution >= 4 is 35.0 Å². The molecule has 3 amide bonds. The van der Waals surface area contributed by atoms with Crippen molar-refractivity contribution in [3.63, 3.8) is 0 Å². The second-order valence-corrected chi connectivity index (χ2v) is 7.89. The molecule has 1 aliphatic heterocycles. The Morgan fingerprint density at radius 2 is 2.07 bits per heavy atom. The number of ketones is 1. The molecule has 10 nitrogen and oxygen atoms in total. The highest BCUT2D eigenvalue weighted by molar-refractivity contribution is 7.15. The van der Waals surface area contributed by atoms with Crippen molar-refractivity contribution in [1.82, 2.24) is 20.7 Å². The number of thiophene rings is 1. The van der Waals surface area contributed by atoms with E-state index in [4.69, 9.17) is 4.52 Å². The van der Waals surface area contributed by atoms with Gasteiger partial charge in [-0.1, -0.05) is 5.16 Å². The molecule has 0 aliphatic carbocycles. The number of carboxylic acids is 1. The van der Waals surface area contributed by atoms with Crippen molar-refractivity contribution in [2.24, 2.45) is 0 Å². The molecule has 2 aromatic heterocycles. The number of rotatable bonds is 6. The average molecular weight is 432 g/mol. The van der Waals surface area contributed by atoms with Gasteiger partial charge in [0.2, 0.25) is 0 Å². The lowest BCUT2D eigenvalue weighted by Crippen LogP contribution is -2.55. The van der Waals surface area contributed by atoms with Gasteiger partial charge in [-0.25, -0.2) is 4.79 Å². The highest BCUT2D eigenvalue weighted by Gasteiger charge is 2.32. The predicted octanol–water partition coefficient (Wildman–Crippen LogP) is 1.76. The summed E-state index contributed by atoms with van der Waals surface area (Å²) in [5.74, 6) is -1.61. The smallest absolute Gasteiger partial charge is 0.316 e. The summed E-state index contributed by atoms with van der Waals surface area (Å²) >= 11 is 1.30. The Bertz CT molecular complexity index is 1020. The summed E-state index contributed by atoms with van der Waals surface area (Å²) in [6.45, 7) is 3.58. The maximum absolute atomic E-state index is 12.4. The van der Waals surface area contributed by atoms with Crippen molar-refractivity contribution in [3.05, 3.63) is 40.7 Å². The molecule has 30 heavy (non-hydrogen) atoms. The molecule has 3 rings (SSSR count). The van der Waals surface area contributed by atoms with Crippen LogP contribution in [0.5, 0.6) is 0 Å². The van der Waals surface area contributed by atoms with E-state index in [1.165, 1.54) is 35.6 Å². The molecule has 0 spiro atoms. The first kappa shape index (κ1) is 21.2. The maximum atomic E-state index is 12.4. The number of carboxylic acid groups (broad SMARTS) is 1. The minimum atomic E-state index is -1.35. The topological polar surface area (TPSA) is 142 Å². The Morgan fingerprint density at radius 3 is 2.70 bits per heavy atom. The molecule has 0 fully saturated rings. The molecule has 0 saturated heterocycles. The Kier molecular flexibility index (Phi) is 6.01. The van der Waals surface area contributed by atoms with Crippen molar-refractivity contribution in [2.45, 2.75) is 32.4 Å². The van der Waals surface area contributed by atoms with E-state index in [1.54, 1.807) is 26.0 Å². The number of aromatic nitrogens is 1. The van der Waals surface area contributed by atoms with E-state index in [2.05, 4.69) is 15.8 Å². The minimum Gasteiger partial charge on any atom is -0.481 e. The Morgan fingerprint density at radius 1 is 1.33 bits per heavy atom. The Labute approximate surface area is 175 Å². The molecule has 0 saturated carbocycles. The standard InChI is InChI=1S/C19H20N4O6S/c1-9-16(10(2)29-22-9)14-5-4-13(30-14)11(8-15(25)26)20-19(28)21-17-12(24)6-7-23(3)18(17)27/h4-7,11,17H,8H2,1-3H3,(H,25,26)(H2,20,21,28)/t11-,17?/m0/s1. The van der Waals surface area contributed by atoms with Crippen molar-refractivity contribution < 1.29 is 28.8 Å². The zero-order valence-corrected chi connectivity index (χ0v) is 17.3. The minimum absolute atomic E-state index is 0.374. The Hall–Kier alpha value is -3.47. The number of amides is 3. The number of carbonyl (C=O) groups excluding carboxylic acids is 3. The first-order valence-corrected chi connectivity index (χ1v) is 9.79. The van der Waals surface area contributed by atoms with E-state index >= 15 is 0 Å². The monoisotopic (exact) mass is 432 g/mol. The third-order valence-corrected chi connectivity index (χ3v) is 5.77. The molecule has 2 aromatic rings. The molecule has 0 radical (unpaired) electrons. The van der Waals surface area contributed by atoms with Crippen LogP contribution in [0.1, 0.15) is 28.8 Å². The lowest BCUT2D eigenvalue weighted by molar-refractivity contribution is -0.138. The lowest BCUT2D eigenvalue weighted by Gasteiger charge is -2.25. The molecule has 1 unspecified atom stereocenters. The largest absolute Gasteiger partial charge is 0.481 e. The summed E-state index contributed by atoms with van der Waals surface area (Å²) in [6, 6.07) is 0.488. The molecular formula is C19H20N4O6S. The van der Waals surface area contributed by atoms with E-state index in [1.807, 2.05) is 0 Å². The van der Waals surface area contributed by atoms with E-state index in [0.717, 1.165) is 10.4 Å². The highest BCUT2D eigenvalue weighted by atomic mass is 32.1. The second kappa shape index (κ2) is 8.49. The van der Waals surface area contributed by atoms with Crippen LogP contribution in [0.25, 0.3) is 10.4 Å². The van der Waals surface area contributed by atoms with Crippen LogP contribution >= 0.6 is 11.3 Å². The number of nitrogens with one attached hydrogen (secondary N) is 2. The molecule has 3 N–H and O–H groups in total. The van der Waals surface area contributed by atoms with E-state index in [-0.39, 0.29) is 6.42 Å². The van der Waals surface area contributed by atoms with Crippen LogP contribution in [-0.4, -0.2) is 51.9 Å². The van der Waals surface area contributed by atoms with Crippen molar-refractivity contribution in [1.29, 1.82) is 0 Å². The molecule has 2 atom stereocenters. The zero-order valence-electron chi connectivity index (χ0n) is 16.5. The van der Waals surface area contributed by atoms with Gasteiger partial charge < -0.3 is 25.2 Å². The summed E-state index contributed by atoms with van der Waals surface area (Å²) in [7, 11) is 1.47. The van der Waals surface area contributed by atoms with Crippen LogP contribution in [0.2, 0.25) is 0 Å². The van der Waals surface area contributed by atoms with Gasteiger partial charge in [-0.15, -0.1) is 11.3 Å². The summed E-state index contributed by atoms with van der Waals surface area (Å²) < 4.78 is 5.17. The van der Waals surface area contributed by atoms with Crippen LogP contribution < -0.4 is 10.6 Å². The fourth-order valence-corrected chi connectivity index (χ4v) is 4.25. The molecule has 1 aliphatic rings. The quantitative estimate of drug-likeness (QED) is 0.590. The van der Waals surface area contributed by atoms with Gasteiger partial charge in [0, 0.05) is 29.1 Å². The Balaban J connectivity index is 1.78. The number of likely N-dealkylation sites (N-methyl/N-ethyl adjacent to an activating group) is 1. The van der Waals surface area contributed by atoms with Gasteiger partial charge in [0.1, 0.15) is 5.76 Å². The van der Waals surface area contributed by atoms with Gasteiger partial charge in [-0.2, -0.15) is 0 Å². The first-order chi connectivity index (χ1) is 14.2. The fraction of sp³-hybridized carbons (Fsp3) is 0.316. The van der Waals surface area contributed by atoms with Gasteiger partial charge in [0.25, 0.3) is 5.91 Å². The molecular weight excluding hydrogens is 412 g/mol. The second-order valence-electron chi connectivity index (χ2n) is 6.77. The predicted molar refractivity (Wildman–Crippen MR) is 107 cm³/mol. The zero-order chi connectivity index (χ0) is 22.0. The van der Waals surface area contributed by atoms with Crippen LogP contribution in [0.3, 0.4) is 0 Å². The third-order valence-electron chi connectivity index (χ3n) is 4.55. The fourth-order valence-electron chi connectivity index (χ4n) is 3.05. The van der Waals surface area contributed by atoms with E-state index < -0.39 is 35.8 Å². The van der Waals surface area contributed by atoms with Crippen molar-refractivity contribution in [3.8, 4) is 10.4 Å². The van der Waals surface area contributed by atoms with Crippen LogP contribution in [0.4, 0.5) is 4.79 Å². The van der Waals surface area contributed by atoms with Gasteiger partial charge in [0.05, 0.1) is 23.7 Å². The highest BCUT2D eigenvalue weighted by Crippen LogP contribution is 2.36. The SMILES string of the molecule is Cc1noc(C)c1-c1ccc([C@H](CC(=O)O)NC(=O)NC2C(=O)C=CN(C)C2=O)s1. The van der Waals surface area contributed by atoms with Gasteiger partial charge in [0.15, 0.2) is 11.8 Å². The molecule has 0 bridgehead atoms. The molecule has 0 aromatic carbocycles. The number of carbonyl (C=O) groups is 4. The number of hydrogen-bond acceptors (Lipinski definition) is 7. The number of nitrogens with zero attached hydrogens (tertiary/aromatic N) is 2. The van der Waals surface area contributed by atoms with Crippen molar-refractivity contribution in [2.75, 3.05) is 7.05 Å². The van der Waals surface area contributed by atoms with Crippen LogP contribution in [0.15, 0.2) is 28.9 Å². The lowest BCUT2D eigenvalue weighted by atomic mass is 10.1. The van der Waals surface area contributed by atoms with Crippen LogP contribution in [-0.2, 0) is 14.4 Å². The van der Waals surface area contributed by atoms with Gasteiger partial charge in [-0.3, -0.25) is 14.4 Å². The summed E-state index contributed by atoms with van der Waals surface area (Å²) in [5, 5.41) is 18.0. The summed E-state index contributed by atoms with van der Waals surface area (Å²) in [6.07, 6.45) is 2.13. The molecule has 11 heteroatoms. The third kappa shape index (κ3) is 4.40. The molecule has 158 valence electrons. The summed E-state index contributed by atoms with van der Waals surface area (Å²) in [5.41, 5.74) is 1.52. The number of aliphatic carboxylic acids is 1.